The molecule has 0 heterocycles. The molecule has 8 heavy (non-hydrogen) atoms. The molecule has 0 aromatic carbocycles. The molecule has 0 aromatic heterocycles. The fraction of sp³-hybridized carbons (Fsp3) is 0.750. The van der Waals surface area contributed by atoms with Crippen molar-refractivity contribution in [3.8, 4) is 0 Å². The van der Waals surface area contributed by atoms with Crippen molar-refractivity contribution in [2.75, 3.05) is 5.75 Å². The van der Waals surface area contributed by atoms with Crippen molar-refractivity contribution in [1.29, 1.82) is 0 Å². The van der Waals surface area contributed by atoms with Crippen LogP contribution in [0.25, 0.3) is 0 Å². The average Bonchev–Trinajstić information content (AvgIpc) is 1.84. The first-order chi connectivity index (χ1) is 3.72. The van der Waals surface area contributed by atoms with E-state index in [0.29, 0.717) is 5.75 Å². The zero-order valence-electron chi connectivity index (χ0n) is 4.63. The molecule has 0 saturated heterocycles. The summed E-state index contributed by atoms with van der Waals surface area (Å²) in [6, 6.07) is -0.330. The van der Waals surface area contributed by atoms with Crippen molar-refractivity contribution in [2.24, 2.45) is 5.73 Å². The number of hydrogen-bond acceptors (Lipinski definition) is 3. The van der Waals surface area contributed by atoms with Gasteiger partial charge < -0.3 is 0 Å². The molecule has 0 bridgehead atoms. The van der Waals surface area contributed by atoms with E-state index in [2.05, 4.69) is 12.6 Å². The molecular weight excluding hydrogens is 189 g/mol. The monoisotopic (exact) mass is 199 g/mol. The van der Waals surface area contributed by atoms with Gasteiger partial charge >= 0.3 is 60.4 Å². The zero-order valence-corrected chi connectivity index (χ0v) is 7.23. The van der Waals surface area contributed by atoms with Crippen LogP contribution in [0.1, 0.15) is 0 Å². The van der Waals surface area contributed by atoms with Gasteiger partial charge in [-0.3, -0.25) is 0 Å². The van der Waals surface area contributed by atoms with Gasteiger partial charge in [-0.15, -0.1) is 0 Å². The van der Waals surface area contributed by atoms with Crippen molar-refractivity contribution in [1.82, 2.24) is 0 Å². The van der Waals surface area contributed by atoms with E-state index in [1.165, 1.54) is 0 Å². The van der Waals surface area contributed by atoms with E-state index in [4.69, 9.17) is 5.73 Å². The van der Waals surface area contributed by atoms with Gasteiger partial charge in [-0.05, 0) is 0 Å². The fourth-order valence-electron chi connectivity index (χ4n) is 0.226. The molecule has 0 fully saturated rings. The molecule has 0 unspecified atom stereocenters. The quantitative estimate of drug-likeness (QED) is 0.475. The summed E-state index contributed by atoms with van der Waals surface area (Å²) < 4.78 is 0.146. The maximum absolute atomic E-state index is 10.6. The summed E-state index contributed by atoms with van der Waals surface area (Å²) >= 11 is 3.92. The van der Waals surface area contributed by atoms with E-state index >= 15 is 0 Å². The molecule has 1 atom stereocenters. The molecule has 0 aliphatic heterocycles. The summed E-state index contributed by atoms with van der Waals surface area (Å²) in [7, 11) is 0. The minimum absolute atomic E-state index is 0.0438. The fourth-order valence-corrected chi connectivity index (χ4v) is 1.48. The maximum atomic E-state index is 10.6. The summed E-state index contributed by atoms with van der Waals surface area (Å²) in [5.41, 5.74) is 5.32. The number of nitrogens with two attached hydrogens (primary N) is 1. The molecule has 0 aliphatic carbocycles. The van der Waals surface area contributed by atoms with Crippen molar-refractivity contribution in [3.05, 3.63) is 0 Å². The Hall–Kier alpha value is 0.499. The molecule has 0 aromatic rings. The van der Waals surface area contributed by atoms with Crippen molar-refractivity contribution < 1.29 is 4.79 Å². The standard InChI is InChI=1S/C4H9NOSSe/c1-8-4(6)3(5)2-7/h3,7H,2,5H2,1H3/t3-/m0/s1. The second-order valence-corrected chi connectivity index (χ2v) is 3.38. The second kappa shape index (κ2) is 4.39. The first kappa shape index (κ1) is 8.50. The van der Waals surface area contributed by atoms with E-state index in [1.807, 2.05) is 5.82 Å². The van der Waals surface area contributed by atoms with Gasteiger partial charge in [0.15, 0.2) is 0 Å². The van der Waals surface area contributed by atoms with Crippen LogP contribution in [0.5, 0.6) is 0 Å². The van der Waals surface area contributed by atoms with Gasteiger partial charge in [0.2, 0.25) is 0 Å². The number of carbonyl (C=O) groups is 1. The van der Waals surface area contributed by atoms with E-state index in [0.717, 1.165) is 0 Å². The number of hydrogen-bond donors (Lipinski definition) is 2. The Balaban J connectivity index is 3.46. The third kappa shape index (κ3) is 2.72. The first-order valence-corrected chi connectivity index (χ1v) is 5.37. The Morgan fingerprint density at radius 1 is 2.00 bits per heavy atom. The van der Waals surface area contributed by atoms with Crippen LogP contribution in [-0.4, -0.2) is 31.4 Å². The van der Waals surface area contributed by atoms with Crippen LogP contribution in [0.4, 0.5) is 0 Å². The van der Waals surface area contributed by atoms with Crippen LogP contribution in [0.3, 0.4) is 0 Å². The van der Waals surface area contributed by atoms with Crippen molar-refractivity contribution in [2.45, 2.75) is 11.9 Å². The topological polar surface area (TPSA) is 43.1 Å². The van der Waals surface area contributed by atoms with E-state index in [1.54, 1.807) is 0 Å². The third-order valence-corrected chi connectivity index (χ3v) is 2.57. The van der Waals surface area contributed by atoms with Gasteiger partial charge in [0.1, 0.15) is 0 Å². The van der Waals surface area contributed by atoms with Crippen molar-refractivity contribution >= 4 is 32.3 Å². The predicted octanol–water partition coefficient (Wildman–Crippen LogP) is -0.478. The van der Waals surface area contributed by atoms with Gasteiger partial charge in [-0.25, -0.2) is 0 Å². The normalized spacial score (nSPS) is 13.4. The van der Waals surface area contributed by atoms with Crippen LogP contribution < -0.4 is 5.73 Å². The van der Waals surface area contributed by atoms with Gasteiger partial charge in [0.05, 0.1) is 0 Å². The Morgan fingerprint density at radius 3 is 2.62 bits per heavy atom. The molecule has 0 amide bonds. The summed E-state index contributed by atoms with van der Waals surface area (Å²) in [6.45, 7) is 0. The Kier molecular flexibility index (Phi) is 4.66. The van der Waals surface area contributed by atoms with E-state index in [-0.39, 0.29) is 25.7 Å². The predicted molar refractivity (Wildman–Crippen MR) is 38.5 cm³/mol. The van der Waals surface area contributed by atoms with Gasteiger partial charge in [-0.1, -0.05) is 0 Å². The van der Waals surface area contributed by atoms with E-state index in [9.17, 15) is 4.79 Å². The summed E-state index contributed by atoms with van der Waals surface area (Å²) in [5, 5.41) is 0. The first-order valence-electron chi connectivity index (χ1n) is 2.16. The van der Waals surface area contributed by atoms with Crippen LogP contribution >= 0.6 is 12.6 Å². The number of thiol groups is 1. The molecule has 4 heteroatoms. The third-order valence-electron chi connectivity index (χ3n) is 0.701. The zero-order chi connectivity index (χ0) is 6.57. The van der Waals surface area contributed by atoms with Crippen molar-refractivity contribution in [3.63, 3.8) is 0 Å². The molecule has 0 spiro atoms. The Bertz CT molecular complexity index is 88.1. The molecule has 0 rings (SSSR count). The van der Waals surface area contributed by atoms with Gasteiger partial charge in [0, 0.05) is 0 Å². The average molecular weight is 198 g/mol. The number of rotatable bonds is 3. The minimum atomic E-state index is -0.330. The summed E-state index contributed by atoms with van der Waals surface area (Å²) in [4.78, 5) is 10.6. The molecular formula is C4H9NOSSe. The van der Waals surface area contributed by atoms with Crippen LogP contribution in [0.2, 0.25) is 5.82 Å². The Morgan fingerprint density at radius 2 is 2.50 bits per heavy atom. The van der Waals surface area contributed by atoms with Gasteiger partial charge in [-0.2, -0.15) is 0 Å². The molecule has 0 saturated carbocycles. The molecule has 0 radical (unpaired) electrons. The number of carbonyl (C=O) groups excluding carboxylic acids is 1. The summed E-state index contributed by atoms with van der Waals surface area (Å²) in [5.74, 6) is 2.33. The summed E-state index contributed by atoms with van der Waals surface area (Å²) in [6.07, 6.45) is 0. The van der Waals surface area contributed by atoms with Crippen LogP contribution in [-0.2, 0) is 4.79 Å². The molecule has 2 nitrogen and oxygen atoms in total. The van der Waals surface area contributed by atoms with Crippen LogP contribution in [0.15, 0.2) is 0 Å². The van der Waals surface area contributed by atoms with E-state index < -0.39 is 0 Å². The Labute approximate surface area is 60.8 Å². The van der Waals surface area contributed by atoms with Crippen LogP contribution in [0, 0.1) is 0 Å². The second-order valence-electron chi connectivity index (χ2n) is 1.31. The molecule has 48 valence electrons. The molecule has 0 aliphatic rings. The van der Waals surface area contributed by atoms with Gasteiger partial charge in [0.25, 0.3) is 0 Å². The molecule has 2 N–H and O–H groups in total. The SMILES string of the molecule is C[Se]C(=O)[C@@H](N)CS.